The van der Waals surface area contributed by atoms with Crippen molar-refractivity contribution in [3.8, 4) is 0 Å². The van der Waals surface area contributed by atoms with Gasteiger partial charge in [0, 0.05) is 25.2 Å². The summed E-state index contributed by atoms with van der Waals surface area (Å²) >= 11 is 0. The molecule has 0 aliphatic carbocycles. The maximum absolute atomic E-state index is 12.3. The van der Waals surface area contributed by atoms with Gasteiger partial charge in [-0.1, -0.05) is 30.3 Å². The molecule has 0 saturated carbocycles. The van der Waals surface area contributed by atoms with E-state index < -0.39 is 17.9 Å². The maximum Gasteiger partial charge on any atom is 0.326 e. The Hall–Kier alpha value is -2.89. The van der Waals surface area contributed by atoms with Gasteiger partial charge in [-0.05, 0) is 18.6 Å². The zero-order valence-corrected chi connectivity index (χ0v) is 12.9. The van der Waals surface area contributed by atoms with Gasteiger partial charge in [0.15, 0.2) is 5.78 Å². The average Bonchev–Trinajstić information content (AvgIpc) is 2.90. The molecule has 1 heterocycles. The Morgan fingerprint density at radius 3 is 2.39 bits per heavy atom. The summed E-state index contributed by atoms with van der Waals surface area (Å²) in [5.41, 5.74) is 1.47. The summed E-state index contributed by atoms with van der Waals surface area (Å²) in [6, 6.07) is 9.49. The molecule has 120 valence electrons. The fraction of sp³-hybridized carbons (Fsp3) is 0.235. The Morgan fingerprint density at radius 2 is 1.87 bits per heavy atom. The van der Waals surface area contributed by atoms with Gasteiger partial charge < -0.3 is 15.0 Å². The van der Waals surface area contributed by atoms with Crippen LogP contribution < -0.4 is 5.32 Å². The number of amides is 1. The second kappa shape index (κ2) is 6.91. The molecule has 0 bridgehead atoms. The summed E-state index contributed by atoms with van der Waals surface area (Å²) in [4.78, 5) is 35.1. The summed E-state index contributed by atoms with van der Waals surface area (Å²) in [5, 5.41) is 11.8. The van der Waals surface area contributed by atoms with E-state index in [1.807, 2.05) is 18.2 Å². The van der Waals surface area contributed by atoms with Gasteiger partial charge in [-0.25, -0.2) is 4.79 Å². The van der Waals surface area contributed by atoms with Crippen LogP contribution in [-0.4, -0.2) is 33.4 Å². The van der Waals surface area contributed by atoms with Crippen molar-refractivity contribution in [2.75, 3.05) is 0 Å². The monoisotopic (exact) mass is 314 g/mol. The predicted molar refractivity (Wildman–Crippen MR) is 84.5 cm³/mol. The molecule has 0 radical (unpaired) electrons. The quantitative estimate of drug-likeness (QED) is 0.794. The molecule has 2 aromatic rings. The molecule has 0 aliphatic heterocycles. The van der Waals surface area contributed by atoms with E-state index in [1.54, 1.807) is 25.4 Å². The van der Waals surface area contributed by atoms with Crippen LogP contribution in [0.5, 0.6) is 0 Å². The number of carbonyl (C=O) groups is 3. The lowest BCUT2D eigenvalue weighted by Crippen LogP contribution is -2.42. The third kappa shape index (κ3) is 4.06. The molecule has 1 atom stereocenters. The van der Waals surface area contributed by atoms with Gasteiger partial charge in [0.1, 0.15) is 11.7 Å². The summed E-state index contributed by atoms with van der Waals surface area (Å²) < 4.78 is 1.51. The van der Waals surface area contributed by atoms with Gasteiger partial charge in [-0.3, -0.25) is 9.59 Å². The highest BCUT2D eigenvalue weighted by Gasteiger charge is 2.23. The van der Waals surface area contributed by atoms with Gasteiger partial charge in [0.05, 0.1) is 0 Å². The van der Waals surface area contributed by atoms with Gasteiger partial charge in [0.25, 0.3) is 5.91 Å². The largest absolute Gasteiger partial charge is 0.480 e. The number of carboxylic acids is 1. The van der Waals surface area contributed by atoms with E-state index in [2.05, 4.69) is 5.32 Å². The van der Waals surface area contributed by atoms with Crippen molar-refractivity contribution in [3.63, 3.8) is 0 Å². The molecule has 2 N–H and O–H groups in total. The van der Waals surface area contributed by atoms with Crippen molar-refractivity contribution in [2.45, 2.75) is 19.4 Å². The highest BCUT2D eigenvalue weighted by molar-refractivity contribution is 6.00. The summed E-state index contributed by atoms with van der Waals surface area (Å²) in [7, 11) is 1.63. The van der Waals surface area contributed by atoms with E-state index in [1.165, 1.54) is 17.6 Å². The summed E-state index contributed by atoms with van der Waals surface area (Å²) in [6.07, 6.45) is 1.73. The van der Waals surface area contributed by atoms with Crippen molar-refractivity contribution in [2.24, 2.45) is 7.05 Å². The van der Waals surface area contributed by atoms with Gasteiger partial charge in [-0.2, -0.15) is 0 Å². The lowest BCUT2D eigenvalue weighted by Gasteiger charge is -2.15. The number of aromatic nitrogens is 1. The first-order valence-electron chi connectivity index (χ1n) is 7.13. The van der Waals surface area contributed by atoms with Crippen LogP contribution in [-0.2, 0) is 18.3 Å². The smallest absolute Gasteiger partial charge is 0.326 e. The minimum absolute atomic E-state index is 0.154. The van der Waals surface area contributed by atoms with E-state index in [0.29, 0.717) is 5.56 Å². The zero-order valence-electron chi connectivity index (χ0n) is 12.9. The molecule has 2 rings (SSSR count). The van der Waals surface area contributed by atoms with Crippen molar-refractivity contribution in [1.29, 1.82) is 0 Å². The van der Waals surface area contributed by atoms with Crippen LogP contribution in [0.2, 0.25) is 0 Å². The van der Waals surface area contributed by atoms with Crippen LogP contribution in [0, 0.1) is 0 Å². The number of nitrogens with zero attached hydrogens (tertiary/aromatic N) is 1. The number of aryl methyl sites for hydroxylation is 1. The topological polar surface area (TPSA) is 88.4 Å². The number of aliphatic carboxylic acids is 1. The number of benzene rings is 1. The molecule has 23 heavy (non-hydrogen) atoms. The first-order valence-corrected chi connectivity index (χ1v) is 7.13. The van der Waals surface area contributed by atoms with E-state index in [-0.39, 0.29) is 17.9 Å². The molecule has 0 aliphatic rings. The second-order valence-corrected chi connectivity index (χ2v) is 5.34. The van der Waals surface area contributed by atoms with Crippen molar-refractivity contribution >= 4 is 17.7 Å². The molecule has 1 aromatic carbocycles. The third-order valence-electron chi connectivity index (χ3n) is 3.53. The number of ketones is 1. The van der Waals surface area contributed by atoms with Crippen molar-refractivity contribution in [1.82, 2.24) is 9.88 Å². The Kier molecular flexibility index (Phi) is 4.95. The van der Waals surface area contributed by atoms with Gasteiger partial charge >= 0.3 is 5.97 Å². The van der Waals surface area contributed by atoms with Crippen LogP contribution in [0.15, 0.2) is 42.6 Å². The molecule has 1 amide bonds. The molecule has 1 aromatic heterocycles. The summed E-state index contributed by atoms with van der Waals surface area (Å²) in [6.45, 7) is 1.41. The maximum atomic E-state index is 12.3. The number of Topliss-reactive ketones (excluding diaryl/α,β-unsaturated/α-hetero) is 1. The van der Waals surface area contributed by atoms with E-state index in [9.17, 15) is 19.5 Å². The first kappa shape index (κ1) is 16.5. The Labute approximate surface area is 133 Å². The normalized spacial score (nSPS) is 11.7. The number of nitrogens with one attached hydrogen (secondary N) is 1. The molecule has 0 spiro atoms. The molecule has 1 unspecified atom stereocenters. The van der Waals surface area contributed by atoms with E-state index in [4.69, 9.17) is 0 Å². The standard InChI is InChI=1S/C17H18N2O4/c1-11(20)13-9-15(19(2)10-13)16(21)18-14(17(22)23)8-12-6-4-3-5-7-12/h3-7,9-10,14H,8H2,1-2H3,(H,18,21)(H,22,23). The lowest BCUT2D eigenvalue weighted by molar-refractivity contribution is -0.139. The van der Waals surface area contributed by atoms with E-state index >= 15 is 0 Å². The van der Waals surface area contributed by atoms with Crippen LogP contribution in [0.3, 0.4) is 0 Å². The highest BCUT2D eigenvalue weighted by Crippen LogP contribution is 2.10. The van der Waals surface area contributed by atoms with Gasteiger partial charge in [0.2, 0.25) is 0 Å². The molecular formula is C17H18N2O4. The Balaban J connectivity index is 2.15. The SMILES string of the molecule is CC(=O)c1cc(C(=O)NC(Cc2ccccc2)C(=O)O)n(C)c1. The van der Waals surface area contributed by atoms with Crippen molar-refractivity contribution < 1.29 is 19.5 Å². The van der Waals surface area contributed by atoms with Crippen molar-refractivity contribution in [3.05, 3.63) is 59.4 Å². The third-order valence-corrected chi connectivity index (χ3v) is 3.53. The molecule has 6 nitrogen and oxygen atoms in total. The number of carbonyl (C=O) groups excluding carboxylic acids is 2. The Bertz CT molecular complexity index is 734. The molecular weight excluding hydrogens is 296 g/mol. The highest BCUT2D eigenvalue weighted by atomic mass is 16.4. The minimum Gasteiger partial charge on any atom is -0.480 e. The second-order valence-electron chi connectivity index (χ2n) is 5.34. The average molecular weight is 314 g/mol. The zero-order chi connectivity index (χ0) is 17.0. The first-order chi connectivity index (χ1) is 10.9. The van der Waals surface area contributed by atoms with Crippen LogP contribution in [0.25, 0.3) is 0 Å². The van der Waals surface area contributed by atoms with Crippen LogP contribution in [0.4, 0.5) is 0 Å². The minimum atomic E-state index is -1.11. The van der Waals surface area contributed by atoms with Gasteiger partial charge in [-0.15, -0.1) is 0 Å². The van der Waals surface area contributed by atoms with Crippen LogP contribution in [0.1, 0.15) is 33.3 Å². The fourth-order valence-corrected chi connectivity index (χ4v) is 2.26. The van der Waals surface area contributed by atoms with E-state index in [0.717, 1.165) is 5.56 Å². The molecule has 0 fully saturated rings. The summed E-state index contributed by atoms with van der Waals surface area (Å²) in [5.74, 6) is -1.79. The Morgan fingerprint density at radius 1 is 1.22 bits per heavy atom. The fourth-order valence-electron chi connectivity index (χ4n) is 2.26. The molecule has 6 heteroatoms. The number of carboxylic acid groups (broad SMARTS) is 1. The number of hydrogen-bond acceptors (Lipinski definition) is 3. The van der Waals surface area contributed by atoms with Crippen LogP contribution >= 0.6 is 0 Å². The number of rotatable bonds is 6. The number of hydrogen-bond donors (Lipinski definition) is 2. The predicted octanol–water partition coefficient (Wildman–Crippen LogP) is 1.65. The lowest BCUT2D eigenvalue weighted by atomic mass is 10.1. The molecule has 0 saturated heterocycles.